The highest BCUT2D eigenvalue weighted by molar-refractivity contribution is 6.06. The molecule has 2 aromatic carbocycles. The van der Waals surface area contributed by atoms with Crippen LogP contribution >= 0.6 is 0 Å². The summed E-state index contributed by atoms with van der Waals surface area (Å²) in [6.45, 7) is 2.75. The third-order valence-electron chi connectivity index (χ3n) is 5.94. The van der Waals surface area contributed by atoms with Crippen molar-refractivity contribution in [1.82, 2.24) is 19.9 Å². The highest BCUT2D eigenvalue weighted by atomic mass is 16.5. The van der Waals surface area contributed by atoms with Crippen LogP contribution in [0.3, 0.4) is 0 Å². The Kier molecular flexibility index (Phi) is 5.20. The minimum absolute atomic E-state index is 0.0380. The maximum Gasteiger partial charge on any atom is 0.196 e. The standard InChI is InChI=1S/C26H21N5O3/c32-21(19-14-27-16-28-15-19)13-17-4-3-5-18(12-17)25-29-23-20-6-1-2-7-22(20)34-24(23)26(30-25)31-8-10-33-11-9-31/h1-7,12,14-16H,8-11,13H2. The fraction of sp³-hybridized carbons (Fsp3) is 0.192. The zero-order valence-electron chi connectivity index (χ0n) is 18.3. The Morgan fingerprint density at radius 3 is 2.65 bits per heavy atom. The number of hydrogen-bond donors (Lipinski definition) is 0. The predicted octanol–water partition coefficient (Wildman–Crippen LogP) is 4.10. The van der Waals surface area contributed by atoms with Gasteiger partial charge in [-0.2, -0.15) is 0 Å². The predicted molar refractivity (Wildman–Crippen MR) is 128 cm³/mol. The van der Waals surface area contributed by atoms with Gasteiger partial charge in [-0.05, 0) is 23.8 Å². The summed E-state index contributed by atoms with van der Waals surface area (Å²) in [6, 6.07) is 15.7. The Balaban J connectivity index is 1.44. The molecule has 0 unspecified atom stereocenters. The summed E-state index contributed by atoms with van der Waals surface area (Å²) >= 11 is 0. The van der Waals surface area contributed by atoms with E-state index < -0.39 is 0 Å². The smallest absolute Gasteiger partial charge is 0.196 e. The molecule has 6 rings (SSSR count). The number of aromatic nitrogens is 4. The van der Waals surface area contributed by atoms with Crippen molar-refractivity contribution >= 4 is 33.7 Å². The van der Waals surface area contributed by atoms with E-state index in [1.165, 1.54) is 18.7 Å². The molecule has 1 aliphatic heterocycles. The van der Waals surface area contributed by atoms with Crippen molar-refractivity contribution in [3.63, 3.8) is 0 Å². The van der Waals surface area contributed by atoms with Gasteiger partial charge in [0.2, 0.25) is 0 Å². The third-order valence-corrected chi connectivity index (χ3v) is 5.94. The van der Waals surface area contributed by atoms with E-state index in [0.717, 1.165) is 46.5 Å². The average molecular weight is 451 g/mol. The summed E-state index contributed by atoms with van der Waals surface area (Å²) in [7, 11) is 0. The van der Waals surface area contributed by atoms with Gasteiger partial charge in [0.1, 0.15) is 17.4 Å². The van der Waals surface area contributed by atoms with Crippen LogP contribution in [0.1, 0.15) is 15.9 Å². The normalized spacial score (nSPS) is 14.1. The van der Waals surface area contributed by atoms with Crippen LogP contribution in [0.25, 0.3) is 33.5 Å². The number of carbonyl (C=O) groups excluding carboxylic acids is 1. The molecule has 0 aliphatic carbocycles. The zero-order valence-corrected chi connectivity index (χ0v) is 18.3. The SMILES string of the molecule is O=C(Cc1cccc(-c2nc(N3CCOCC3)c3oc4ccccc4c3n2)c1)c1cncnc1. The minimum atomic E-state index is -0.0380. The quantitative estimate of drug-likeness (QED) is 0.369. The summed E-state index contributed by atoms with van der Waals surface area (Å²) in [6.07, 6.45) is 4.73. The summed E-state index contributed by atoms with van der Waals surface area (Å²) in [5.74, 6) is 1.32. The van der Waals surface area contributed by atoms with Crippen molar-refractivity contribution in [3.05, 3.63) is 78.4 Å². The average Bonchev–Trinajstić information content (AvgIpc) is 3.28. The molecule has 0 N–H and O–H groups in total. The Bertz CT molecular complexity index is 1490. The van der Waals surface area contributed by atoms with E-state index in [-0.39, 0.29) is 12.2 Å². The van der Waals surface area contributed by atoms with Crippen LogP contribution in [-0.2, 0) is 11.2 Å². The lowest BCUT2D eigenvalue weighted by molar-refractivity contribution is 0.0992. The number of ether oxygens (including phenoxy) is 1. The van der Waals surface area contributed by atoms with Crippen LogP contribution in [-0.4, -0.2) is 52.0 Å². The van der Waals surface area contributed by atoms with Crippen molar-refractivity contribution in [1.29, 1.82) is 0 Å². The summed E-state index contributed by atoms with van der Waals surface area (Å²) in [4.78, 5) is 32.6. The van der Waals surface area contributed by atoms with Crippen molar-refractivity contribution in [3.8, 4) is 11.4 Å². The number of benzene rings is 2. The molecule has 168 valence electrons. The summed E-state index contributed by atoms with van der Waals surface area (Å²) < 4.78 is 11.7. The molecule has 0 amide bonds. The second-order valence-corrected chi connectivity index (χ2v) is 8.17. The molecule has 0 radical (unpaired) electrons. The van der Waals surface area contributed by atoms with Crippen LogP contribution < -0.4 is 4.90 Å². The number of carbonyl (C=O) groups is 1. The monoisotopic (exact) mass is 451 g/mol. The second-order valence-electron chi connectivity index (χ2n) is 8.17. The van der Waals surface area contributed by atoms with E-state index >= 15 is 0 Å². The molecule has 5 aromatic rings. The van der Waals surface area contributed by atoms with E-state index in [4.69, 9.17) is 19.1 Å². The van der Waals surface area contributed by atoms with Gasteiger partial charge in [-0.3, -0.25) is 4.79 Å². The van der Waals surface area contributed by atoms with Crippen molar-refractivity contribution in [2.24, 2.45) is 0 Å². The maximum atomic E-state index is 12.7. The van der Waals surface area contributed by atoms with Gasteiger partial charge in [-0.15, -0.1) is 0 Å². The van der Waals surface area contributed by atoms with Crippen LogP contribution in [0, 0.1) is 0 Å². The Hall–Kier alpha value is -4.17. The van der Waals surface area contributed by atoms with Crippen molar-refractivity contribution < 1.29 is 13.9 Å². The maximum absolute atomic E-state index is 12.7. The van der Waals surface area contributed by atoms with E-state index in [2.05, 4.69) is 14.9 Å². The summed E-state index contributed by atoms with van der Waals surface area (Å²) in [5, 5.41) is 0.950. The number of para-hydroxylation sites is 1. The van der Waals surface area contributed by atoms with Gasteiger partial charge >= 0.3 is 0 Å². The fourth-order valence-corrected chi connectivity index (χ4v) is 4.25. The van der Waals surface area contributed by atoms with Gasteiger partial charge in [0.25, 0.3) is 0 Å². The van der Waals surface area contributed by atoms with Crippen LogP contribution in [0.5, 0.6) is 0 Å². The molecule has 8 heteroatoms. The van der Waals surface area contributed by atoms with E-state index in [1.54, 1.807) is 0 Å². The minimum Gasteiger partial charge on any atom is -0.450 e. The van der Waals surface area contributed by atoms with Crippen LogP contribution in [0.15, 0.2) is 71.7 Å². The van der Waals surface area contributed by atoms with Crippen LogP contribution in [0.4, 0.5) is 5.82 Å². The number of Topliss-reactive ketones (excluding diaryl/α,β-unsaturated/α-hetero) is 1. The van der Waals surface area contributed by atoms with Gasteiger partial charge in [0.15, 0.2) is 23.0 Å². The molecular weight excluding hydrogens is 430 g/mol. The molecule has 1 fully saturated rings. The lowest BCUT2D eigenvalue weighted by Crippen LogP contribution is -2.37. The number of anilines is 1. The first-order valence-electron chi connectivity index (χ1n) is 11.2. The molecule has 1 saturated heterocycles. The van der Waals surface area contributed by atoms with E-state index in [9.17, 15) is 4.79 Å². The zero-order chi connectivity index (χ0) is 22.9. The topological polar surface area (TPSA) is 94.2 Å². The molecule has 0 bridgehead atoms. The Labute approximate surface area is 195 Å². The second kappa shape index (κ2) is 8.64. The Morgan fingerprint density at radius 1 is 0.971 bits per heavy atom. The largest absolute Gasteiger partial charge is 0.450 e. The number of morpholine rings is 1. The number of rotatable bonds is 5. The molecular formula is C26H21N5O3. The van der Waals surface area contributed by atoms with Crippen molar-refractivity contribution in [2.75, 3.05) is 31.2 Å². The molecule has 0 atom stereocenters. The number of nitrogens with zero attached hydrogens (tertiary/aromatic N) is 5. The van der Waals surface area contributed by atoms with Crippen LogP contribution in [0.2, 0.25) is 0 Å². The highest BCUT2D eigenvalue weighted by Crippen LogP contribution is 2.35. The molecule has 1 aliphatic rings. The lowest BCUT2D eigenvalue weighted by Gasteiger charge is -2.27. The fourth-order valence-electron chi connectivity index (χ4n) is 4.25. The van der Waals surface area contributed by atoms with Gasteiger partial charge in [-0.1, -0.05) is 30.3 Å². The van der Waals surface area contributed by atoms with E-state index in [1.807, 2.05) is 48.5 Å². The summed E-state index contributed by atoms with van der Waals surface area (Å²) in [5.41, 5.74) is 4.46. The number of fused-ring (bicyclic) bond motifs is 3. The third kappa shape index (κ3) is 3.78. The first kappa shape index (κ1) is 20.4. The molecule has 0 saturated carbocycles. The Morgan fingerprint density at radius 2 is 1.79 bits per heavy atom. The highest BCUT2D eigenvalue weighted by Gasteiger charge is 2.22. The first-order valence-corrected chi connectivity index (χ1v) is 11.2. The van der Waals surface area contributed by atoms with Gasteiger partial charge < -0.3 is 14.1 Å². The molecule has 4 heterocycles. The van der Waals surface area contributed by atoms with E-state index in [0.29, 0.717) is 30.2 Å². The molecule has 0 spiro atoms. The first-order chi connectivity index (χ1) is 16.8. The van der Waals surface area contributed by atoms with Crippen molar-refractivity contribution in [2.45, 2.75) is 6.42 Å². The van der Waals surface area contributed by atoms with Gasteiger partial charge in [0.05, 0.1) is 18.8 Å². The van der Waals surface area contributed by atoms with Gasteiger partial charge in [-0.25, -0.2) is 19.9 Å². The number of ketones is 1. The molecule has 34 heavy (non-hydrogen) atoms. The molecule has 3 aromatic heterocycles. The molecule has 8 nitrogen and oxygen atoms in total. The van der Waals surface area contributed by atoms with Gasteiger partial charge in [0, 0.05) is 42.9 Å². The number of furan rings is 1. The lowest BCUT2D eigenvalue weighted by atomic mass is 10.0. The number of hydrogen-bond acceptors (Lipinski definition) is 8.